The van der Waals surface area contributed by atoms with Crippen LogP contribution in [0.1, 0.15) is 23.3 Å². The number of aryl methyl sites for hydroxylation is 1. The molecule has 1 aliphatic heterocycles. The SMILES string of the molecule is Cn1nc(C(=O)NCC2CCOCC2)c2ccccc2c1=O. The Hall–Kier alpha value is -2.21. The van der Waals surface area contributed by atoms with E-state index in [2.05, 4.69) is 10.4 Å². The van der Waals surface area contributed by atoms with Gasteiger partial charge in [0.25, 0.3) is 11.5 Å². The van der Waals surface area contributed by atoms with Crippen LogP contribution in [0.25, 0.3) is 10.8 Å². The van der Waals surface area contributed by atoms with Crippen molar-refractivity contribution in [2.24, 2.45) is 13.0 Å². The molecule has 1 N–H and O–H groups in total. The maximum atomic E-state index is 12.4. The highest BCUT2D eigenvalue weighted by Gasteiger charge is 2.18. The Morgan fingerprint density at radius 3 is 2.73 bits per heavy atom. The zero-order valence-electron chi connectivity index (χ0n) is 12.5. The van der Waals surface area contributed by atoms with Crippen molar-refractivity contribution in [3.63, 3.8) is 0 Å². The van der Waals surface area contributed by atoms with E-state index in [1.54, 1.807) is 31.3 Å². The van der Waals surface area contributed by atoms with Crippen molar-refractivity contribution in [2.45, 2.75) is 12.8 Å². The van der Waals surface area contributed by atoms with Gasteiger partial charge < -0.3 is 10.1 Å². The Kier molecular flexibility index (Phi) is 4.20. The lowest BCUT2D eigenvalue weighted by Crippen LogP contribution is -2.34. The van der Waals surface area contributed by atoms with Crippen molar-refractivity contribution in [3.8, 4) is 0 Å². The summed E-state index contributed by atoms with van der Waals surface area (Å²) >= 11 is 0. The van der Waals surface area contributed by atoms with Gasteiger partial charge in [0, 0.05) is 32.2 Å². The first kappa shape index (κ1) is 14.7. The molecule has 0 radical (unpaired) electrons. The number of nitrogens with one attached hydrogen (secondary N) is 1. The molecule has 1 saturated heterocycles. The molecule has 0 spiro atoms. The summed E-state index contributed by atoms with van der Waals surface area (Å²) in [5.41, 5.74) is 0.0985. The molecule has 1 aliphatic rings. The number of carbonyl (C=O) groups excluding carboxylic acids is 1. The minimum Gasteiger partial charge on any atom is -0.381 e. The van der Waals surface area contributed by atoms with Gasteiger partial charge in [0.2, 0.25) is 0 Å². The summed E-state index contributed by atoms with van der Waals surface area (Å²) < 4.78 is 6.53. The molecular weight excluding hydrogens is 282 g/mol. The molecule has 1 aromatic heterocycles. The van der Waals surface area contributed by atoms with Gasteiger partial charge in [-0.2, -0.15) is 5.10 Å². The van der Waals surface area contributed by atoms with Crippen molar-refractivity contribution in [1.82, 2.24) is 15.1 Å². The van der Waals surface area contributed by atoms with Crippen LogP contribution >= 0.6 is 0 Å². The third-order valence-electron chi connectivity index (χ3n) is 4.06. The van der Waals surface area contributed by atoms with E-state index in [0.29, 0.717) is 28.9 Å². The molecule has 1 aromatic carbocycles. The number of benzene rings is 1. The Morgan fingerprint density at radius 2 is 2.00 bits per heavy atom. The number of fused-ring (bicyclic) bond motifs is 1. The maximum Gasteiger partial charge on any atom is 0.274 e. The molecule has 1 amide bonds. The van der Waals surface area contributed by atoms with Gasteiger partial charge in [-0.25, -0.2) is 4.68 Å². The van der Waals surface area contributed by atoms with Gasteiger partial charge in [-0.1, -0.05) is 18.2 Å². The molecule has 0 unspecified atom stereocenters. The third-order valence-corrected chi connectivity index (χ3v) is 4.06. The lowest BCUT2D eigenvalue weighted by Gasteiger charge is -2.22. The number of hydrogen-bond donors (Lipinski definition) is 1. The first-order valence-corrected chi connectivity index (χ1v) is 7.49. The van der Waals surface area contributed by atoms with E-state index in [-0.39, 0.29) is 11.5 Å². The monoisotopic (exact) mass is 301 g/mol. The summed E-state index contributed by atoms with van der Waals surface area (Å²) in [6, 6.07) is 7.06. The minimum absolute atomic E-state index is 0.198. The fraction of sp³-hybridized carbons (Fsp3) is 0.438. The molecule has 0 atom stereocenters. The molecule has 116 valence electrons. The van der Waals surface area contributed by atoms with Crippen LogP contribution in [0.3, 0.4) is 0 Å². The van der Waals surface area contributed by atoms with Crippen LogP contribution in [0.4, 0.5) is 0 Å². The zero-order valence-corrected chi connectivity index (χ0v) is 12.5. The van der Waals surface area contributed by atoms with E-state index in [1.807, 2.05) is 0 Å². The molecule has 22 heavy (non-hydrogen) atoms. The second-order valence-electron chi connectivity index (χ2n) is 5.59. The number of amides is 1. The Balaban J connectivity index is 1.84. The largest absolute Gasteiger partial charge is 0.381 e. The second-order valence-corrected chi connectivity index (χ2v) is 5.59. The number of carbonyl (C=O) groups is 1. The Labute approximate surface area is 128 Å². The average Bonchev–Trinajstić information content (AvgIpc) is 2.57. The fourth-order valence-electron chi connectivity index (χ4n) is 2.74. The Bertz CT molecular complexity index is 748. The van der Waals surface area contributed by atoms with E-state index in [1.165, 1.54) is 4.68 Å². The van der Waals surface area contributed by atoms with E-state index in [9.17, 15) is 9.59 Å². The Morgan fingerprint density at radius 1 is 1.32 bits per heavy atom. The number of aromatic nitrogens is 2. The molecule has 6 nitrogen and oxygen atoms in total. The number of nitrogens with zero attached hydrogens (tertiary/aromatic N) is 2. The van der Waals surface area contributed by atoms with Crippen LogP contribution in [0.15, 0.2) is 29.1 Å². The van der Waals surface area contributed by atoms with Gasteiger partial charge in [0.15, 0.2) is 5.69 Å². The van der Waals surface area contributed by atoms with Crippen molar-refractivity contribution < 1.29 is 9.53 Å². The highest BCUT2D eigenvalue weighted by molar-refractivity contribution is 6.04. The number of rotatable bonds is 3. The zero-order chi connectivity index (χ0) is 15.5. The summed E-state index contributed by atoms with van der Waals surface area (Å²) in [6.45, 7) is 2.12. The first-order chi connectivity index (χ1) is 10.7. The van der Waals surface area contributed by atoms with Crippen LogP contribution in [0.2, 0.25) is 0 Å². The summed E-state index contributed by atoms with van der Waals surface area (Å²) in [5.74, 6) is 0.204. The molecule has 0 saturated carbocycles. The van der Waals surface area contributed by atoms with Gasteiger partial charge in [-0.15, -0.1) is 0 Å². The summed E-state index contributed by atoms with van der Waals surface area (Å²) in [4.78, 5) is 24.5. The minimum atomic E-state index is -0.238. The van der Waals surface area contributed by atoms with E-state index >= 15 is 0 Å². The van der Waals surface area contributed by atoms with Crippen LogP contribution in [-0.2, 0) is 11.8 Å². The van der Waals surface area contributed by atoms with Gasteiger partial charge >= 0.3 is 0 Å². The highest BCUT2D eigenvalue weighted by atomic mass is 16.5. The topological polar surface area (TPSA) is 73.2 Å². The van der Waals surface area contributed by atoms with Gasteiger partial charge in [-0.05, 0) is 24.8 Å². The number of ether oxygens (including phenoxy) is 1. The lowest BCUT2D eigenvalue weighted by molar-refractivity contribution is 0.0642. The van der Waals surface area contributed by atoms with Crippen LogP contribution in [-0.4, -0.2) is 35.4 Å². The molecule has 2 heterocycles. The predicted molar refractivity (Wildman–Crippen MR) is 82.9 cm³/mol. The van der Waals surface area contributed by atoms with Gasteiger partial charge in [0.1, 0.15) is 0 Å². The molecule has 0 aliphatic carbocycles. The molecule has 3 rings (SSSR count). The fourth-order valence-corrected chi connectivity index (χ4v) is 2.74. The van der Waals surface area contributed by atoms with Gasteiger partial charge in [-0.3, -0.25) is 9.59 Å². The summed E-state index contributed by atoms with van der Waals surface area (Å²) in [6.07, 6.45) is 1.92. The van der Waals surface area contributed by atoms with E-state index in [4.69, 9.17) is 4.74 Å². The standard InChI is InChI=1S/C16H19N3O3/c1-19-16(21)13-5-3-2-4-12(13)14(18-19)15(20)17-10-11-6-8-22-9-7-11/h2-5,11H,6-10H2,1H3,(H,17,20). The van der Waals surface area contributed by atoms with Crippen LogP contribution in [0.5, 0.6) is 0 Å². The van der Waals surface area contributed by atoms with E-state index < -0.39 is 0 Å². The molecule has 6 heteroatoms. The summed E-state index contributed by atoms with van der Waals surface area (Å²) in [5, 5.41) is 8.17. The summed E-state index contributed by atoms with van der Waals surface area (Å²) in [7, 11) is 1.56. The smallest absolute Gasteiger partial charge is 0.274 e. The molecule has 2 aromatic rings. The van der Waals surface area contributed by atoms with Crippen molar-refractivity contribution in [3.05, 3.63) is 40.3 Å². The maximum absolute atomic E-state index is 12.4. The normalized spacial score (nSPS) is 15.9. The lowest BCUT2D eigenvalue weighted by atomic mass is 10.0. The van der Waals surface area contributed by atoms with Crippen LogP contribution < -0.4 is 10.9 Å². The third kappa shape index (κ3) is 2.87. The average molecular weight is 301 g/mol. The van der Waals surface area contributed by atoms with Crippen molar-refractivity contribution in [1.29, 1.82) is 0 Å². The predicted octanol–water partition coefficient (Wildman–Crippen LogP) is 1.09. The number of hydrogen-bond acceptors (Lipinski definition) is 4. The first-order valence-electron chi connectivity index (χ1n) is 7.49. The highest BCUT2D eigenvalue weighted by Crippen LogP contribution is 2.15. The van der Waals surface area contributed by atoms with Crippen LogP contribution in [0, 0.1) is 5.92 Å². The second kappa shape index (κ2) is 6.27. The molecule has 1 fully saturated rings. The molecule has 0 bridgehead atoms. The van der Waals surface area contributed by atoms with Gasteiger partial charge in [0.05, 0.1) is 5.39 Å². The van der Waals surface area contributed by atoms with Crippen molar-refractivity contribution >= 4 is 16.7 Å². The molecular formula is C16H19N3O3. The van der Waals surface area contributed by atoms with Crippen molar-refractivity contribution in [2.75, 3.05) is 19.8 Å². The quantitative estimate of drug-likeness (QED) is 0.921. The van der Waals surface area contributed by atoms with E-state index in [0.717, 1.165) is 26.1 Å².